The van der Waals surface area contributed by atoms with Crippen LogP contribution in [0.4, 0.5) is 0 Å². The SMILES string of the molecule is CS[C@@H](CO)[C@H](C)NC(=O)c1ccc(Cl)cn1. The highest BCUT2D eigenvalue weighted by Crippen LogP contribution is 2.11. The van der Waals surface area contributed by atoms with Gasteiger partial charge in [0.15, 0.2) is 0 Å². The van der Waals surface area contributed by atoms with Gasteiger partial charge in [-0.3, -0.25) is 4.79 Å². The highest BCUT2D eigenvalue weighted by Gasteiger charge is 2.18. The number of thioether (sulfide) groups is 1. The Labute approximate surface area is 110 Å². The van der Waals surface area contributed by atoms with Gasteiger partial charge in [0.05, 0.1) is 11.6 Å². The first-order chi connectivity index (χ1) is 8.08. The number of hydrogen-bond acceptors (Lipinski definition) is 4. The Morgan fingerprint density at radius 3 is 2.82 bits per heavy atom. The van der Waals surface area contributed by atoms with Gasteiger partial charge < -0.3 is 10.4 Å². The topological polar surface area (TPSA) is 62.2 Å². The number of aromatic nitrogens is 1. The van der Waals surface area contributed by atoms with Crippen LogP contribution in [0.3, 0.4) is 0 Å². The van der Waals surface area contributed by atoms with Crippen molar-refractivity contribution in [3.8, 4) is 0 Å². The number of nitrogens with zero attached hydrogens (tertiary/aromatic N) is 1. The van der Waals surface area contributed by atoms with Gasteiger partial charge in [-0.05, 0) is 25.3 Å². The first-order valence-electron chi connectivity index (χ1n) is 5.14. The molecule has 0 radical (unpaired) electrons. The van der Waals surface area contributed by atoms with Gasteiger partial charge in [-0.2, -0.15) is 11.8 Å². The van der Waals surface area contributed by atoms with Crippen molar-refractivity contribution >= 4 is 29.3 Å². The normalized spacial score (nSPS) is 14.1. The molecule has 0 spiro atoms. The maximum absolute atomic E-state index is 11.8. The van der Waals surface area contributed by atoms with Crippen LogP contribution in [0.2, 0.25) is 5.02 Å². The van der Waals surface area contributed by atoms with E-state index in [1.54, 1.807) is 12.1 Å². The van der Waals surface area contributed by atoms with Gasteiger partial charge in [-0.15, -0.1) is 0 Å². The number of carbonyl (C=O) groups is 1. The minimum Gasteiger partial charge on any atom is -0.395 e. The van der Waals surface area contributed by atoms with Crippen molar-refractivity contribution in [2.24, 2.45) is 0 Å². The van der Waals surface area contributed by atoms with Gasteiger partial charge in [0.25, 0.3) is 5.91 Å². The molecule has 0 aliphatic heterocycles. The van der Waals surface area contributed by atoms with Crippen LogP contribution in [0, 0.1) is 0 Å². The van der Waals surface area contributed by atoms with E-state index in [1.807, 2.05) is 13.2 Å². The molecule has 1 rings (SSSR count). The van der Waals surface area contributed by atoms with E-state index in [0.717, 1.165) is 0 Å². The zero-order valence-electron chi connectivity index (χ0n) is 9.68. The molecule has 0 fully saturated rings. The molecule has 1 heterocycles. The first kappa shape index (κ1) is 14.3. The minimum absolute atomic E-state index is 0.0220. The third-order valence-corrected chi connectivity index (χ3v) is 3.75. The second-order valence-electron chi connectivity index (χ2n) is 3.58. The largest absolute Gasteiger partial charge is 0.395 e. The lowest BCUT2D eigenvalue weighted by molar-refractivity contribution is 0.0931. The number of halogens is 1. The fourth-order valence-electron chi connectivity index (χ4n) is 1.32. The summed E-state index contributed by atoms with van der Waals surface area (Å²) in [4.78, 5) is 15.7. The summed E-state index contributed by atoms with van der Waals surface area (Å²) in [6.45, 7) is 1.88. The fourth-order valence-corrected chi connectivity index (χ4v) is 2.06. The average molecular weight is 275 g/mol. The Hall–Kier alpha value is -0.780. The van der Waals surface area contributed by atoms with Crippen LogP contribution in [0.15, 0.2) is 18.3 Å². The number of rotatable bonds is 5. The number of amides is 1. The summed E-state index contributed by atoms with van der Waals surface area (Å²) in [5.41, 5.74) is 0.319. The number of carbonyl (C=O) groups excluding carboxylic acids is 1. The number of aliphatic hydroxyl groups is 1. The lowest BCUT2D eigenvalue weighted by Crippen LogP contribution is -2.41. The zero-order valence-corrected chi connectivity index (χ0v) is 11.3. The molecule has 0 saturated carbocycles. The van der Waals surface area contributed by atoms with Gasteiger partial charge in [0, 0.05) is 17.5 Å². The predicted octanol–water partition coefficient (Wildman–Crippen LogP) is 1.58. The average Bonchev–Trinajstić information content (AvgIpc) is 2.31. The van der Waals surface area contributed by atoms with Crippen LogP contribution >= 0.6 is 23.4 Å². The van der Waals surface area contributed by atoms with Crippen LogP contribution < -0.4 is 5.32 Å². The summed E-state index contributed by atoms with van der Waals surface area (Å²) in [7, 11) is 0. The van der Waals surface area contributed by atoms with E-state index in [1.165, 1.54) is 18.0 Å². The maximum Gasteiger partial charge on any atom is 0.270 e. The molecule has 4 nitrogen and oxygen atoms in total. The van der Waals surface area contributed by atoms with Gasteiger partial charge in [0.2, 0.25) is 0 Å². The standard InChI is InChI=1S/C11H15ClN2O2S/c1-7(10(6-15)17-2)14-11(16)9-4-3-8(12)5-13-9/h3-5,7,10,15H,6H2,1-2H3,(H,14,16)/t7-,10-/m0/s1. The molecular formula is C11H15ClN2O2S. The van der Waals surface area contributed by atoms with Gasteiger partial charge in [0.1, 0.15) is 5.69 Å². The smallest absolute Gasteiger partial charge is 0.270 e. The van der Waals surface area contributed by atoms with Crippen LogP contribution in [0.5, 0.6) is 0 Å². The lowest BCUT2D eigenvalue weighted by Gasteiger charge is -2.20. The van der Waals surface area contributed by atoms with Crippen LogP contribution in [0.1, 0.15) is 17.4 Å². The predicted molar refractivity (Wildman–Crippen MR) is 70.6 cm³/mol. The quantitative estimate of drug-likeness (QED) is 0.856. The Kier molecular flexibility index (Phi) is 5.74. The Morgan fingerprint density at radius 1 is 1.65 bits per heavy atom. The third-order valence-electron chi connectivity index (χ3n) is 2.36. The number of hydrogen-bond donors (Lipinski definition) is 2. The van der Waals surface area contributed by atoms with E-state index >= 15 is 0 Å². The molecule has 94 valence electrons. The Morgan fingerprint density at radius 2 is 2.35 bits per heavy atom. The van der Waals surface area contributed by atoms with Crippen LogP contribution in [-0.2, 0) is 0 Å². The van der Waals surface area contributed by atoms with E-state index in [2.05, 4.69) is 10.3 Å². The van der Waals surface area contributed by atoms with Crippen molar-refractivity contribution in [3.63, 3.8) is 0 Å². The second kappa shape index (κ2) is 6.83. The van der Waals surface area contributed by atoms with E-state index in [4.69, 9.17) is 16.7 Å². The van der Waals surface area contributed by atoms with Gasteiger partial charge >= 0.3 is 0 Å². The van der Waals surface area contributed by atoms with Crippen molar-refractivity contribution in [1.82, 2.24) is 10.3 Å². The molecule has 17 heavy (non-hydrogen) atoms. The second-order valence-corrected chi connectivity index (χ2v) is 5.09. The van der Waals surface area contributed by atoms with Crippen molar-refractivity contribution in [2.75, 3.05) is 12.9 Å². The molecule has 2 atom stereocenters. The minimum atomic E-state index is -0.262. The molecule has 2 N–H and O–H groups in total. The summed E-state index contributed by atoms with van der Waals surface area (Å²) in [6, 6.07) is 3.06. The van der Waals surface area contributed by atoms with Crippen molar-refractivity contribution in [2.45, 2.75) is 18.2 Å². The number of aliphatic hydroxyl groups excluding tert-OH is 1. The molecule has 0 aliphatic rings. The monoisotopic (exact) mass is 274 g/mol. The van der Waals surface area contributed by atoms with Crippen molar-refractivity contribution < 1.29 is 9.90 Å². The summed E-state index contributed by atoms with van der Waals surface area (Å²) < 4.78 is 0. The van der Waals surface area contributed by atoms with Crippen LogP contribution in [0.25, 0.3) is 0 Å². The lowest BCUT2D eigenvalue weighted by atomic mass is 10.2. The molecule has 6 heteroatoms. The fraction of sp³-hybridized carbons (Fsp3) is 0.455. The number of pyridine rings is 1. The third kappa shape index (κ3) is 4.18. The molecule has 0 aromatic carbocycles. The van der Waals surface area contributed by atoms with Crippen LogP contribution in [-0.4, -0.2) is 40.2 Å². The molecule has 1 amide bonds. The summed E-state index contributed by atoms with van der Waals surface area (Å²) in [5.74, 6) is -0.262. The molecular weight excluding hydrogens is 260 g/mol. The Balaban J connectivity index is 2.62. The summed E-state index contributed by atoms with van der Waals surface area (Å²) in [5, 5.41) is 12.4. The summed E-state index contributed by atoms with van der Waals surface area (Å²) in [6.07, 6.45) is 3.32. The number of nitrogens with one attached hydrogen (secondary N) is 1. The van der Waals surface area contributed by atoms with Crippen molar-refractivity contribution in [1.29, 1.82) is 0 Å². The zero-order chi connectivity index (χ0) is 12.8. The van der Waals surface area contributed by atoms with Crippen molar-refractivity contribution in [3.05, 3.63) is 29.0 Å². The molecule has 0 aliphatic carbocycles. The van der Waals surface area contributed by atoms with E-state index in [-0.39, 0.29) is 23.8 Å². The molecule has 0 unspecified atom stereocenters. The molecule has 0 saturated heterocycles. The molecule has 0 bridgehead atoms. The van der Waals surface area contributed by atoms with E-state index < -0.39 is 0 Å². The molecule has 1 aromatic rings. The van der Waals surface area contributed by atoms with Gasteiger partial charge in [-0.1, -0.05) is 11.6 Å². The van der Waals surface area contributed by atoms with Gasteiger partial charge in [-0.25, -0.2) is 4.98 Å². The highest BCUT2D eigenvalue weighted by molar-refractivity contribution is 7.99. The molecule has 1 aromatic heterocycles. The van der Waals surface area contributed by atoms with E-state index in [9.17, 15) is 4.79 Å². The van der Waals surface area contributed by atoms with E-state index in [0.29, 0.717) is 10.7 Å². The Bertz CT molecular complexity index is 368. The highest BCUT2D eigenvalue weighted by atomic mass is 35.5. The maximum atomic E-state index is 11.8. The summed E-state index contributed by atoms with van der Waals surface area (Å²) >= 11 is 7.20. The first-order valence-corrected chi connectivity index (χ1v) is 6.81.